The number of hydrogen-bond acceptors (Lipinski definition) is 5. The maximum Gasteiger partial charge on any atom is 0.337 e. The molecule has 0 atom stereocenters. The van der Waals surface area contributed by atoms with E-state index < -0.39 is 11.9 Å². The van der Waals surface area contributed by atoms with Crippen LogP contribution in [0.15, 0.2) is 85.3 Å². The minimum atomic E-state index is -0.595. The zero-order valence-corrected chi connectivity index (χ0v) is 15.7. The van der Waals surface area contributed by atoms with Gasteiger partial charge in [0.25, 0.3) is 5.91 Å². The van der Waals surface area contributed by atoms with Crippen LogP contribution in [-0.4, -0.2) is 21.9 Å². The van der Waals surface area contributed by atoms with Crippen molar-refractivity contribution in [1.82, 2.24) is 20.8 Å². The minimum absolute atomic E-state index is 0.411. The molecule has 3 N–H and O–H groups in total. The van der Waals surface area contributed by atoms with Crippen molar-refractivity contribution >= 4 is 28.5 Å². The molecule has 8 nitrogen and oxygen atoms in total. The van der Waals surface area contributed by atoms with Gasteiger partial charge < -0.3 is 10.1 Å². The van der Waals surface area contributed by atoms with Crippen LogP contribution >= 0.6 is 0 Å². The van der Waals surface area contributed by atoms with Gasteiger partial charge in [0.2, 0.25) is 0 Å². The molecule has 0 bridgehead atoms. The quantitative estimate of drug-likeness (QED) is 0.452. The Morgan fingerprint density at radius 2 is 1.63 bits per heavy atom. The summed E-state index contributed by atoms with van der Waals surface area (Å²) in [4.78, 5) is 32.8. The zero-order valence-electron chi connectivity index (χ0n) is 15.7. The first kappa shape index (κ1) is 18.9. The molecule has 2 aromatic carbocycles. The summed E-state index contributed by atoms with van der Waals surface area (Å²) < 4.78 is 5.71. The fourth-order valence-electron chi connectivity index (χ4n) is 2.82. The van der Waals surface area contributed by atoms with Gasteiger partial charge in [-0.25, -0.2) is 10.2 Å². The molecule has 0 unspecified atom stereocenters. The van der Waals surface area contributed by atoms with E-state index in [1.54, 1.807) is 79.3 Å². The van der Waals surface area contributed by atoms with E-state index >= 15 is 0 Å². The minimum Gasteiger partial charge on any atom is -0.457 e. The molecule has 0 fully saturated rings. The monoisotopic (exact) mass is 399 g/mol. The molecule has 4 aromatic rings. The fraction of sp³-hybridized carbons (Fsp3) is 0. The number of ether oxygens (including phenoxy) is 1. The Labute approximate surface area is 171 Å². The third-order valence-corrected chi connectivity index (χ3v) is 4.16. The van der Waals surface area contributed by atoms with Gasteiger partial charge in [0.1, 0.15) is 11.5 Å². The van der Waals surface area contributed by atoms with E-state index in [1.807, 2.05) is 6.07 Å². The van der Waals surface area contributed by atoms with E-state index in [0.29, 0.717) is 33.7 Å². The standard InChI is InChI=1S/C22H17N5O3/c28-21(19-6-2-8-20-18(19)7-3-11-24-20)26-27-22(29)25-15-4-1-5-17(14-15)30-16-9-12-23-13-10-16/h1-14H,(H,26,28)(H2,25,27,29). The SMILES string of the molecule is O=C(NNC(=O)c1cccc2ncccc12)Nc1cccc(Oc2ccncc2)c1. The third-order valence-electron chi connectivity index (χ3n) is 4.16. The van der Waals surface area contributed by atoms with Crippen molar-refractivity contribution in [2.24, 2.45) is 0 Å². The van der Waals surface area contributed by atoms with Crippen molar-refractivity contribution in [1.29, 1.82) is 0 Å². The number of nitrogens with one attached hydrogen (secondary N) is 3. The van der Waals surface area contributed by atoms with Crippen molar-refractivity contribution in [2.45, 2.75) is 0 Å². The van der Waals surface area contributed by atoms with Gasteiger partial charge in [-0.15, -0.1) is 0 Å². The largest absolute Gasteiger partial charge is 0.457 e. The van der Waals surface area contributed by atoms with Crippen LogP contribution < -0.4 is 20.9 Å². The molecule has 0 aliphatic heterocycles. The van der Waals surface area contributed by atoms with Gasteiger partial charge in [-0.1, -0.05) is 18.2 Å². The molecule has 148 valence electrons. The lowest BCUT2D eigenvalue weighted by Gasteiger charge is -2.11. The van der Waals surface area contributed by atoms with E-state index in [0.717, 1.165) is 0 Å². The summed E-state index contributed by atoms with van der Waals surface area (Å²) in [7, 11) is 0. The number of aromatic nitrogens is 2. The highest BCUT2D eigenvalue weighted by atomic mass is 16.5. The van der Waals surface area contributed by atoms with Crippen LogP contribution in [0.2, 0.25) is 0 Å². The summed E-state index contributed by atoms with van der Waals surface area (Å²) in [5, 5.41) is 3.34. The van der Waals surface area contributed by atoms with E-state index in [1.165, 1.54) is 0 Å². The van der Waals surface area contributed by atoms with Gasteiger partial charge in [-0.2, -0.15) is 0 Å². The van der Waals surface area contributed by atoms with E-state index in [-0.39, 0.29) is 0 Å². The summed E-state index contributed by atoms with van der Waals surface area (Å²) in [5.74, 6) is 0.730. The molecule has 0 radical (unpaired) electrons. The summed E-state index contributed by atoms with van der Waals surface area (Å²) in [6, 6.07) is 18.5. The number of amides is 3. The van der Waals surface area contributed by atoms with E-state index in [9.17, 15) is 9.59 Å². The molecule has 0 aliphatic carbocycles. The van der Waals surface area contributed by atoms with Crippen molar-refractivity contribution in [3.8, 4) is 11.5 Å². The summed E-state index contributed by atoms with van der Waals surface area (Å²) in [6.07, 6.45) is 4.90. The van der Waals surface area contributed by atoms with Crippen LogP contribution in [0.1, 0.15) is 10.4 Å². The van der Waals surface area contributed by atoms with Gasteiger partial charge >= 0.3 is 6.03 Å². The molecular weight excluding hydrogens is 382 g/mol. The Hall–Kier alpha value is -4.46. The number of rotatable bonds is 4. The number of hydrazine groups is 1. The molecular formula is C22H17N5O3. The number of carbonyl (C=O) groups excluding carboxylic acids is 2. The number of hydrogen-bond donors (Lipinski definition) is 3. The zero-order chi connectivity index (χ0) is 20.8. The average molecular weight is 399 g/mol. The van der Waals surface area contributed by atoms with Crippen molar-refractivity contribution in [2.75, 3.05) is 5.32 Å². The van der Waals surface area contributed by atoms with Crippen LogP contribution in [0.4, 0.5) is 10.5 Å². The molecule has 0 saturated heterocycles. The molecule has 0 spiro atoms. The first-order valence-electron chi connectivity index (χ1n) is 9.08. The van der Waals surface area contributed by atoms with Crippen LogP contribution in [0.5, 0.6) is 11.5 Å². The van der Waals surface area contributed by atoms with Gasteiger partial charge in [-0.3, -0.25) is 20.2 Å². The van der Waals surface area contributed by atoms with Crippen LogP contribution in [-0.2, 0) is 0 Å². The van der Waals surface area contributed by atoms with Crippen molar-refractivity contribution in [3.05, 3.63) is 90.9 Å². The molecule has 2 aromatic heterocycles. The van der Waals surface area contributed by atoms with Gasteiger partial charge in [0.05, 0.1) is 11.1 Å². The Balaban J connectivity index is 1.37. The molecule has 0 aliphatic rings. The second kappa shape index (κ2) is 8.70. The molecule has 3 amide bonds. The Morgan fingerprint density at radius 3 is 2.50 bits per heavy atom. The average Bonchev–Trinajstić information content (AvgIpc) is 2.78. The van der Waals surface area contributed by atoms with Crippen LogP contribution in [0, 0.1) is 0 Å². The first-order chi connectivity index (χ1) is 14.7. The number of carbonyl (C=O) groups is 2. The lowest BCUT2D eigenvalue weighted by Crippen LogP contribution is -2.43. The second-order valence-corrected chi connectivity index (χ2v) is 6.22. The topological polar surface area (TPSA) is 105 Å². The van der Waals surface area contributed by atoms with Gasteiger partial charge in [0, 0.05) is 35.7 Å². The van der Waals surface area contributed by atoms with Crippen LogP contribution in [0.25, 0.3) is 10.9 Å². The first-order valence-corrected chi connectivity index (χ1v) is 9.08. The predicted molar refractivity (Wildman–Crippen MR) is 112 cm³/mol. The van der Waals surface area contributed by atoms with Crippen LogP contribution in [0.3, 0.4) is 0 Å². The number of urea groups is 1. The summed E-state index contributed by atoms with van der Waals surface area (Å²) >= 11 is 0. The van der Waals surface area contributed by atoms with Crippen molar-refractivity contribution in [3.63, 3.8) is 0 Å². The maximum atomic E-state index is 12.5. The molecule has 8 heteroatoms. The van der Waals surface area contributed by atoms with E-state index in [4.69, 9.17) is 4.74 Å². The second-order valence-electron chi connectivity index (χ2n) is 6.22. The molecule has 0 saturated carbocycles. The Morgan fingerprint density at radius 1 is 0.800 bits per heavy atom. The molecule has 4 rings (SSSR count). The highest BCUT2D eigenvalue weighted by Crippen LogP contribution is 2.23. The highest BCUT2D eigenvalue weighted by molar-refractivity contribution is 6.06. The third kappa shape index (κ3) is 4.50. The summed E-state index contributed by atoms with van der Waals surface area (Å²) in [5.41, 5.74) is 6.35. The normalized spacial score (nSPS) is 10.3. The van der Waals surface area contributed by atoms with E-state index in [2.05, 4.69) is 26.1 Å². The predicted octanol–water partition coefficient (Wildman–Crippen LogP) is 3.89. The number of anilines is 1. The maximum absolute atomic E-state index is 12.5. The summed E-state index contributed by atoms with van der Waals surface area (Å²) in [6.45, 7) is 0. The highest BCUT2D eigenvalue weighted by Gasteiger charge is 2.11. The Bertz CT molecular complexity index is 1190. The molecule has 2 heterocycles. The number of fused-ring (bicyclic) bond motifs is 1. The number of benzene rings is 2. The van der Waals surface area contributed by atoms with Gasteiger partial charge in [0.15, 0.2) is 0 Å². The number of nitrogens with zero attached hydrogens (tertiary/aromatic N) is 2. The lowest BCUT2D eigenvalue weighted by molar-refractivity contribution is 0.0939. The fourth-order valence-corrected chi connectivity index (χ4v) is 2.82. The smallest absolute Gasteiger partial charge is 0.337 e. The lowest BCUT2D eigenvalue weighted by atomic mass is 10.1. The molecule has 30 heavy (non-hydrogen) atoms. The van der Waals surface area contributed by atoms with Crippen molar-refractivity contribution < 1.29 is 14.3 Å². The number of pyridine rings is 2. The van der Waals surface area contributed by atoms with Gasteiger partial charge in [-0.05, 0) is 42.5 Å². The Kier molecular flexibility index (Phi) is 5.47.